The predicted molar refractivity (Wildman–Crippen MR) is 48.7 cm³/mol. The molecule has 0 aliphatic heterocycles. The third kappa shape index (κ3) is 3.01. The molecule has 0 unspecified atom stereocenters. The van der Waals surface area contributed by atoms with Gasteiger partial charge in [0.2, 0.25) is 0 Å². The molecule has 4 nitrogen and oxygen atoms in total. The zero-order valence-electron chi connectivity index (χ0n) is 6.25. The largest absolute Gasteiger partial charge is 0.310 e. The molecule has 1 amide bonds. The van der Waals surface area contributed by atoms with E-state index in [1.165, 1.54) is 18.3 Å². The van der Waals surface area contributed by atoms with E-state index in [0.29, 0.717) is 5.02 Å². The highest BCUT2D eigenvalue weighted by atomic mass is 35.5. The molecular formula is C7H4Cl2N2O2. The van der Waals surface area contributed by atoms with E-state index in [1.54, 1.807) is 0 Å². The number of rotatable bonds is 2. The first kappa shape index (κ1) is 9.95. The number of nitrogens with zero attached hydrogens (tertiary/aromatic N) is 1. The first-order valence-electron chi connectivity index (χ1n) is 3.22. The van der Waals surface area contributed by atoms with E-state index in [1.807, 2.05) is 0 Å². The van der Waals surface area contributed by atoms with E-state index in [-0.39, 0.29) is 5.82 Å². The van der Waals surface area contributed by atoms with Gasteiger partial charge in [-0.15, -0.1) is 0 Å². The van der Waals surface area contributed by atoms with E-state index in [2.05, 4.69) is 10.3 Å². The lowest BCUT2D eigenvalue weighted by Crippen LogP contribution is -2.18. The minimum Gasteiger partial charge on any atom is -0.303 e. The first-order valence-corrected chi connectivity index (χ1v) is 3.97. The van der Waals surface area contributed by atoms with E-state index >= 15 is 0 Å². The second-order valence-electron chi connectivity index (χ2n) is 2.09. The Bertz CT molecular complexity index is 337. The number of amides is 1. The number of carbonyl (C=O) groups is 2. The Balaban J connectivity index is 2.70. The van der Waals surface area contributed by atoms with E-state index in [9.17, 15) is 9.59 Å². The molecular weight excluding hydrogens is 215 g/mol. The van der Waals surface area contributed by atoms with Crippen LogP contribution in [0.15, 0.2) is 18.3 Å². The molecule has 0 fully saturated rings. The Labute approximate surface area is 83.9 Å². The van der Waals surface area contributed by atoms with Gasteiger partial charge in [-0.2, -0.15) is 0 Å². The van der Waals surface area contributed by atoms with Crippen LogP contribution in [0.4, 0.5) is 5.82 Å². The quantitative estimate of drug-likeness (QED) is 0.604. The standard InChI is InChI=1S/C7H4Cl2N2O2/c8-4-1-2-5(10-3-4)11-7(13)6(9)12/h1-3H,(H,10,11,13). The topological polar surface area (TPSA) is 59.1 Å². The van der Waals surface area contributed by atoms with Crippen molar-refractivity contribution in [3.63, 3.8) is 0 Å². The number of halogens is 2. The van der Waals surface area contributed by atoms with Crippen molar-refractivity contribution in [2.75, 3.05) is 5.32 Å². The van der Waals surface area contributed by atoms with Gasteiger partial charge in [-0.1, -0.05) is 11.6 Å². The van der Waals surface area contributed by atoms with Gasteiger partial charge >= 0.3 is 11.1 Å². The van der Waals surface area contributed by atoms with Crippen LogP contribution in [0.25, 0.3) is 0 Å². The molecule has 1 N–H and O–H groups in total. The second kappa shape index (κ2) is 4.20. The van der Waals surface area contributed by atoms with Crippen LogP contribution in [0.2, 0.25) is 5.02 Å². The lowest BCUT2D eigenvalue weighted by atomic mass is 10.4. The highest BCUT2D eigenvalue weighted by Gasteiger charge is 2.09. The van der Waals surface area contributed by atoms with Crippen LogP contribution in [-0.2, 0) is 9.59 Å². The van der Waals surface area contributed by atoms with Crippen molar-refractivity contribution in [1.29, 1.82) is 0 Å². The normalized spacial score (nSPS) is 9.38. The average Bonchev–Trinajstić information content (AvgIpc) is 2.08. The maximum atomic E-state index is 10.7. The Morgan fingerprint density at radius 2 is 2.08 bits per heavy atom. The second-order valence-corrected chi connectivity index (χ2v) is 2.87. The summed E-state index contributed by atoms with van der Waals surface area (Å²) in [5.74, 6) is -0.695. The number of aromatic nitrogens is 1. The summed E-state index contributed by atoms with van der Waals surface area (Å²) < 4.78 is 0. The highest BCUT2D eigenvalue weighted by Crippen LogP contribution is 2.09. The third-order valence-corrected chi connectivity index (χ3v) is 1.54. The van der Waals surface area contributed by atoms with Crippen LogP contribution in [-0.4, -0.2) is 16.1 Å². The lowest BCUT2D eigenvalue weighted by Gasteiger charge is -1.99. The molecule has 1 aromatic heterocycles. The summed E-state index contributed by atoms with van der Waals surface area (Å²) in [6.45, 7) is 0. The van der Waals surface area contributed by atoms with Crippen molar-refractivity contribution < 1.29 is 9.59 Å². The summed E-state index contributed by atoms with van der Waals surface area (Å²) in [6, 6.07) is 2.99. The number of hydrogen-bond acceptors (Lipinski definition) is 3. The van der Waals surface area contributed by atoms with Crippen molar-refractivity contribution >= 4 is 40.2 Å². The van der Waals surface area contributed by atoms with Crippen LogP contribution < -0.4 is 5.32 Å². The fourth-order valence-corrected chi connectivity index (χ4v) is 0.774. The Morgan fingerprint density at radius 1 is 1.38 bits per heavy atom. The molecule has 0 saturated carbocycles. The number of pyridine rings is 1. The maximum Gasteiger partial charge on any atom is 0.310 e. The number of hydrogen-bond donors (Lipinski definition) is 1. The smallest absolute Gasteiger partial charge is 0.303 e. The van der Waals surface area contributed by atoms with Crippen molar-refractivity contribution in [3.05, 3.63) is 23.4 Å². The molecule has 0 aliphatic carbocycles. The maximum absolute atomic E-state index is 10.7. The summed E-state index contributed by atoms with van der Waals surface area (Å²) in [5.41, 5.74) is 0. The zero-order valence-corrected chi connectivity index (χ0v) is 7.76. The predicted octanol–water partition coefficient (Wildman–Crippen LogP) is 1.44. The third-order valence-electron chi connectivity index (χ3n) is 1.15. The number of anilines is 1. The molecule has 6 heteroatoms. The highest BCUT2D eigenvalue weighted by molar-refractivity contribution is 6.82. The molecule has 1 heterocycles. The first-order chi connectivity index (χ1) is 6.09. The molecule has 1 rings (SSSR count). The van der Waals surface area contributed by atoms with Crippen LogP contribution in [0.3, 0.4) is 0 Å². The Kier molecular flexibility index (Phi) is 3.22. The molecule has 0 saturated heterocycles. The van der Waals surface area contributed by atoms with Crippen molar-refractivity contribution in [3.8, 4) is 0 Å². The minimum atomic E-state index is -1.09. The van der Waals surface area contributed by atoms with E-state index in [4.69, 9.17) is 23.2 Å². The van der Waals surface area contributed by atoms with Crippen LogP contribution in [0.5, 0.6) is 0 Å². The van der Waals surface area contributed by atoms with E-state index < -0.39 is 11.1 Å². The van der Waals surface area contributed by atoms with Crippen molar-refractivity contribution in [2.45, 2.75) is 0 Å². The Morgan fingerprint density at radius 3 is 2.54 bits per heavy atom. The van der Waals surface area contributed by atoms with Crippen LogP contribution >= 0.6 is 23.2 Å². The summed E-state index contributed by atoms with van der Waals surface area (Å²) in [4.78, 5) is 24.8. The van der Waals surface area contributed by atoms with Crippen molar-refractivity contribution in [2.24, 2.45) is 0 Å². The van der Waals surface area contributed by atoms with Gasteiger partial charge in [0.25, 0.3) is 0 Å². The molecule has 0 radical (unpaired) electrons. The van der Waals surface area contributed by atoms with Gasteiger partial charge in [0.15, 0.2) is 0 Å². The molecule has 0 aromatic carbocycles. The van der Waals surface area contributed by atoms with Crippen LogP contribution in [0, 0.1) is 0 Å². The fourth-order valence-electron chi connectivity index (χ4n) is 0.615. The van der Waals surface area contributed by atoms with Gasteiger partial charge < -0.3 is 5.32 Å². The number of nitrogens with one attached hydrogen (secondary N) is 1. The minimum absolute atomic E-state index is 0.225. The van der Waals surface area contributed by atoms with Gasteiger partial charge in [0, 0.05) is 6.20 Å². The molecule has 0 spiro atoms. The molecule has 1 aromatic rings. The average molecular weight is 219 g/mol. The van der Waals surface area contributed by atoms with Gasteiger partial charge in [0.1, 0.15) is 5.82 Å². The van der Waals surface area contributed by atoms with Gasteiger partial charge in [-0.05, 0) is 23.7 Å². The molecule has 13 heavy (non-hydrogen) atoms. The summed E-state index contributed by atoms with van der Waals surface area (Å²) >= 11 is 10.4. The Hall–Kier alpha value is -1.13. The monoisotopic (exact) mass is 218 g/mol. The van der Waals surface area contributed by atoms with Crippen LogP contribution in [0.1, 0.15) is 0 Å². The summed E-state index contributed by atoms with van der Waals surface area (Å²) in [5, 5.41) is 1.53. The molecule has 0 bridgehead atoms. The van der Waals surface area contributed by atoms with Crippen molar-refractivity contribution in [1.82, 2.24) is 4.98 Å². The van der Waals surface area contributed by atoms with E-state index in [0.717, 1.165) is 0 Å². The van der Waals surface area contributed by atoms with Gasteiger partial charge in [-0.25, -0.2) is 4.98 Å². The molecule has 0 atom stereocenters. The number of carbonyl (C=O) groups excluding carboxylic acids is 2. The lowest BCUT2D eigenvalue weighted by molar-refractivity contribution is -0.130. The zero-order chi connectivity index (χ0) is 9.84. The van der Waals surface area contributed by atoms with Gasteiger partial charge in [-0.3, -0.25) is 9.59 Å². The van der Waals surface area contributed by atoms with Gasteiger partial charge in [0.05, 0.1) is 5.02 Å². The summed E-state index contributed by atoms with van der Waals surface area (Å²) in [7, 11) is 0. The fraction of sp³-hybridized carbons (Fsp3) is 0. The SMILES string of the molecule is O=C(Cl)C(=O)Nc1ccc(Cl)cn1. The summed E-state index contributed by atoms with van der Waals surface area (Å²) in [6.07, 6.45) is 1.34. The molecule has 68 valence electrons. The molecule has 0 aliphatic rings.